The highest BCUT2D eigenvalue weighted by Crippen LogP contribution is 2.35. The summed E-state index contributed by atoms with van der Waals surface area (Å²) in [6, 6.07) is 15.4. The number of fused-ring (bicyclic) bond motifs is 2. The van der Waals surface area contributed by atoms with Crippen molar-refractivity contribution in [2.24, 2.45) is 10.1 Å². The number of nitrogens with zero attached hydrogens (tertiary/aromatic N) is 3. The molecule has 2 aromatic carbocycles. The molecule has 0 saturated carbocycles. The number of hydrogen-bond acceptors (Lipinski definition) is 6. The van der Waals surface area contributed by atoms with Gasteiger partial charge in [-0.15, -0.1) is 5.10 Å². The first kappa shape index (κ1) is 18.6. The summed E-state index contributed by atoms with van der Waals surface area (Å²) in [5.74, 6) is 1.47. The predicted molar refractivity (Wildman–Crippen MR) is 111 cm³/mol. The molecule has 0 aliphatic carbocycles. The SMILES string of the molecule is CCCCSC1=NN2C(=c3ccccc3=N[C@@H]2c2ccccc2OC)C(=O)N1. The Labute approximate surface area is 168 Å². The molecule has 0 saturated heterocycles. The summed E-state index contributed by atoms with van der Waals surface area (Å²) < 4.78 is 5.55. The highest BCUT2D eigenvalue weighted by molar-refractivity contribution is 8.13. The third-order valence-corrected chi connectivity index (χ3v) is 5.62. The van der Waals surface area contributed by atoms with Crippen molar-refractivity contribution in [1.29, 1.82) is 0 Å². The first-order chi connectivity index (χ1) is 13.7. The van der Waals surface area contributed by atoms with E-state index in [1.165, 1.54) is 0 Å². The molecule has 4 rings (SSSR count). The number of rotatable bonds is 5. The average Bonchev–Trinajstić information content (AvgIpc) is 2.73. The van der Waals surface area contributed by atoms with Crippen LogP contribution in [-0.2, 0) is 4.79 Å². The van der Waals surface area contributed by atoms with Crippen molar-refractivity contribution < 1.29 is 9.53 Å². The van der Waals surface area contributed by atoms with Gasteiger partial charge in [-0.05, 0) is 18.6 Å². The van der Waals surface area contributed by atoms with E-state index in [4.69, 9.17) is 14.8 Å². The van der Waals surface area contributed by atoms with Crippen molar-refractivity contribution in [3.05, 3.63) is 64.7 Å². The number of benzene rings is 2. The largest absolute Gasteiger partial charge is 0.496 e. The molecule has 28 heavy (non-hydrogen) atoms. The number of amides is 1. The molecule has 144 valence electrons. The normalized spacial score (nSPS) is 17.9. The number of para-hydroxylation sites is 2. The quantitative estimate of drug-likeness (QED) is 0.791. The zero-order valence-corrected chi connectivity index (χ0v) is 16.7. The van der Waals surface area contributed by atoms with Crippen LogP contribution >= 0.6 is 11.8 Å². The molecular formula is C21H22N4O2S. The standard InChI is InChI=1S/C21H22N4O2S/c1-3-4-13-28-21-23-20(26)18-14-9-5-7-11-16(14)22-19(25(18)24-21)15-10-6-8-12-17(15)27-2/h5-12,19H,3-4,13H2,1-2H3,(H,23,24,26)/t19-/m0/s1. The van der Waals surface area contributed by atoms with E-state index in [9.17, 15) is 4.79 Å². The maximum absolute atomic E-state index is 13.0. The Morgan fingerprint density at radius 2 is 1.96 bits per heavy atom. The first-order valence-electron chi connectivity index (χ1n) is 9.35. The summed E-state index contributed by atoms with van der Waals surface area (Å²) in [5.41, 5.74) is 1.38. The lowest BCUT2D eigenvalue weighted by Gasteiger charge is -2.34. The highest BCUT2D eigenvalue weighted by Gasteiger charge is 2.35. The highest BCUT2D eigenvalue weighted by atomic mass is 32.2. The molecule has 6 nitrogen and oxygen atoms in total. The smallest absolute Gasteiger partial charge is 0.276 e. The molecular weight excluding hydrogens is 372 g/mol. The number of carbonyl (C=O) groups is 1. The van der Waals surface area contributed by atoms with Gasteiger partial charge in [-0.1, -0.05) is 61.5 Å². The van der Waals surface area contributed by atoms with Gasteiger partial charge in [0.1, 0.15) is 11.4 Å². The Morgan fingerprint density at radius 1 is 1.18 bits per heavy atom. The van der Waals surface area contributed by atoms with Crippen LogP contribution in [0, 0.1) is 0 Å². The third-order valence-electron chi connectivity index (χ3n) is 4.67. The zero-order chi connectivity index (χ0) is 19.5. The second-order valence-corrected chi connectivity index (χ2v) is 7.60. The van der Waals surface area contributed by atoms with E-state index >= 15 is 0 Å². The monoisotopic (exact) mass is 394 g/mol. The first-order valence-corrected chi connectivity index (χ1v) is 10.3. The fourth-order valence-corrected chi connectivity index (χ4v) is 4.22. The van der Waals surface area contributed by atoms with E-state index in [1.54, 1.807) is 23.9 Å². The maximum atomic E-state index is 13.0. The van der Waals surface area contributed by atoms with Gasteiger partial charge in [0, 0.05) is 16.5 Å². The lowest BCUT2D eigenvalue weighted by Crippen LogP contribution is -2.50. The minimum absolute atomic E-state index is 0.156. The van der Waals surface area contributed by atoms with Gasteiger partial charge in [0.05, 0.1) is 12.5 Å². The van der Waals surface area contributed by atoms with Gasteiger partial charge in [-0.2, -0.15) is 0 Å². The van der Waals surface area contributed by atoms with Crippen molar-refractivity contribution in [1.82, 2.24) is 10.3 Å². The molecule has 0 unspecified atom stereocenters. The van der Waals surface area contributed by atoms with Gasteiger partial charge in [0.2, 0.25) is 0 Å². The van der Waals surface area contributed by atoms with Gasteiger partial charge < -0.3 is 4.74 Å². The predicted octanol–water partition coefficient (Wildman–Crippen LogP) is 2.37. The van der Waals surface area contributed by atoms with Crippen molar-refractivity contribution >= 4 is 28.5 Å². The molecule has 7 heteroatoms. The number of ether oxygens (including phenoxy) is 1. The molecule has 0 fully saturated rings. The van der Waals surface area contributed by atoms with Crippen LogP contribution in [0.3, 0.4) is 0 Å². The van der Waals surface area contributed by atoms with E-state index in [0.717, 1.165) is 40.5 Å². The number of hydrazone groups is 1. The van der Waals surface area contributed by atoms with Crippen molar-refractivity contribution in [2.45, 2.75) is 25.9 Å². The summed E-state index contributed by atoms with van der Waals surface area (Å²) in [4.78, 5) is 17.9. The van der Waals surface area contributed by atoms with Crippen LogP contribution in [0.15, 0.2) is 58.6 Å². The average molecular weight is 395 g/mol. The van der Waals surface area contributed by atoms with Crippen LogP contribution in [0.4, 0.5) is 0 Å². The molecule has 2 aliphatic rings. The summed E-state index contributed by atoms with van der Waals surface area (Å²) in [7, 11) is 1.64. The molecule has 0 aromatic heterocycles. The van der Waals surface area contributed by atoms with Gasteiger partial charge in [-0.3, -0.25) is 15.1 Å². The third kappa shape index (κ3) is 3.38. The number of thioether (sulfide) groups is 1. The summed E-state index contributed by atoms with van der Waals surface area (Å²) in [5, 5.41) is 11.6. The number of hydrogen-bond donors (Lipinski definition) is 1. The minimum Gasteiger partial charge on any atom is -0.496 e. The van der Waals surface area contributed by atoms with E-state index < -0.39 is 6.17 Å². The van der Waals surface area contributed by atoms with Crippen molar-refractivity contribution in [3.63, 3.8) is 0 Å². The number of amidine groups is 1. The summed E-state index contributed by atoms with van der Waals surface area (Å²) in [6.07, 6.45) is 1.70. The number of nitrogens with one attached hydrogen (secondary N) is 1. The fraction of sp³-hybridized carbons (Fsp3) is 0.286. The van der Waals surface area contributed by atoms with Crippen molar-refractivity contribution in [2.75, 3.05) is 12.9 Å². The second kappa shape index (κ2) is 8.06. The molecule has 2 heterocycles. The van der Waals surface area contributed by atoms with E-state index in [2.05, 4.69) is 12.2 Å². The lowest BCUT2D eigenvalue weighted by molar-refractivity contribution is -0.116. The Hall–Kier alpha value is -2.80. The van der Waals surface area contributed by atoms with Gasteiger partial charge >= 0.3 is 0 Å². The van der Waals surface area contributed by atoms with Crippen LogP contribution in [0.1, 0.15) is 31.5 Å². The van der Waals surface area contributed by atoms with Crippen LogP contribution in [-0.4, -0.2) is 28.9 Å². The molecule has 1 N–H and O–H groups in total. The van der Waals surface area contributed by atoms with Gasteiger partial charge in [0.25, 0.3) is 5.91 Å². The maximum Gasteiger partial charge on any atom is 0.276 e. The number of unbranched alkanes of at least 4 members (excludes halogenated alkanes) is 1. The number of methoxy groups -OCH3 is 1. The van der Waals surface area contributed by atoms with Crippen LogP contribution in [0.2, 0.25) is 0 Å². The van der Waals surface area contributed by atoms with E-state index in [-0.39, 0.29) is 5.91 Å². The summed E-state index contributed by atoms with van der Waals surface area (Å²) in [6.45, 7) is 2.14. The molecule has 1 atom stereocenters. The Morgan fingerprint density at radius 3 is 2.79 bits per heavy atom. The molecule has 2 aromatic rings. The molecule has 1 amide bonds. The van der Waals surface area contributed by atoms with Gasteiger partial charge in [0.15, 0.2) is 11.3 Å². The van der Waals surface area contributed by atoms with Crippen molar-refractivity contribution in [3.8, 4) is 5.75 Å². The Kier molecular flexibility index (Phi) is 5.34. The molecule has 0 bridgehead atoms. The minimum atomic E-state index is -0.464. The topological polar surface area (TPSA) is 66.3 Å². The van der Waals surface area contributed by atoms with E-state index in [0.29, 0.717) is 10.9 Å². The second-order valence-electron chi connectivity index (χ2n) is 6.52. The summed E-state index contributed by atoms with van der Waals surface area (Å²) >= 11 is 1.56. The fourth-order valence-electron chi connectivity index (χ4n) is 3.29. The molecule has 0 radical (unpaired) electrons. The molecule has 0 spiro atoms. The van der Waals surface area contributed by atoms with E-state index in [1.807, 2.05) is 48.5 Å². The van der Waals surface area contributed by atoms with Crippen LogP contribution < -0.4 is 20.6 Å². The lowest BCUT2D eigenvalue weighted by atomic mass is 10.1. The van der Waals surface area contributed by atoms with Crippen LogP contribution in [0.25, 0.3) is 5.70 Å². The van der Waals surface area contributed by atoms with Gasteiger partial charge in [-0.25, -0.2) is 5.01 Å². The Balaban J connectivity index is 1.86. The Bertz CT molecular complexity index is 1050. The molecule has 2 aliphatic heterocycles. The van der Waals surface area contributed by atoms with Crippen LogP contribution in [0.5, 0.6) is 5.75 Å². The zero-order valence-electron chi connectivity index (χ0n) is 15.9. The number of carbonyl (C=O) groups excluding carboxylic acids is 1.